The van der Waals surface area contributed by atoms with Gasteiger partial charge in [0.05, 0.1) is 31.1 Å². The maximum atomic E-state index is 14.5. The molecule has 1 fully saturated rings. The van der Waals surface area contributed by atoms with E-state index in [-0.39, 0.29) is 31.4 Å². The van der Waals surface area contributed by atoms with Gasteiger partial charge in [-0.2, -0.15) is 5.10 Å². The van der Waals surface area contributed by atoms with Crippen LogP contribution in [0.3, 0.4) is 0 Å². The fraction of sp³-hybridized carbons (Fsp3) is 0.400. The first-order valence-electron chi connectivity index (χ1n) is 9.84. The van der Waals surface area contributed by atoms with E-state index in [1.165, 1.54) is 10.6 Å². The van der Waals surface area contributed by atoms with Gasteiger partial charge in [0.2, 0.25) is 5.88 Å². The smallest absolute Gasteiger partial charge is 0.257 e. The molecule has 2 aliphatic rings. The highest BCUT2D eigenvalue weighted by Gasteiger charge is 2.37. The van der Waals surface area contributed by atoms with Gasteiger partial charge in [-0.3, -0.25) is 4.79 Å². The van der Waals surface area contributed by atoms with Crippen molar-refractivity contribution in [2.24, 2.45) is 0 Å². The Morgan fingerprint density at radius 3 is 3.10 bits per heavy atom. The van der Waals surface area contributed by atoms with Gasteiger partial charge in [-0.05, 0) is 25.5 Å². The highest BCUT2D eigenvalue weighted by Crippen LogP contribution is 2.40. The second kappa shape index (κ2) is 7.19. The van der Waals surface area contributed by atoms with Crippen molar-refractivity contribution in [3.63, 3.8) is 0 Å². The minimum absolute atomic E-state index is 0.0957. The number of amides is 1. The van der Waals surface area contributed by atoms with Crippen molar-refractivity contribution in [2.45, 2.75) is 32.0 Å². The van der Waals surface area contributed by atoms with Gasteiger partial charge in [0.15, 0.2) is 5.65 Å². The zero-order chi connectivity index (χ0) is 20.8. The van der Waals surface area contributed by atoms with Crippen molar-refractivity contribution in [2.75, 3.05) is 24.6 Å². The van der Waals surface area contributed by atoms with E-state index >= 15 is 0 Å². The Balaban J connectivity index is 1.68. The molecule has 8 nitrogen and oxygen atoms in total. The SMILES string of the molecule is Cc1nn2ccc3nc2c1C(=O)NCCCOc1ncc(F)cc1[C@H]1C[C@H](F)CN31. The van der Waals surface area contributed by atoms with Crippen LogP contribution in [0.5, 0.6) is 5.88 Å². The number of halogens is 2. The number of pyridine rings is 1. The zero-order valence-corrected chi connectivity index (χ0v) is 16.3. The number of anilines is 1. The van der Waals surface area contributed by atoms with Gasteiger partial charge in [-0.25, -0.2) is 23.3 Å². The number of carbonyl (C=O) groups is 1. The second-order valence-electron chi connectivity index (χ2n) is 7.52. The average molecular weight is 414 g/mol. The van der Waals surface area contributed by atoms with Gasteiger partial charge in [0, 0.05) is 24.7 Å². The lowest BCUT2D eigenvalue weighted by Crippen LogP contribution is -2.28. The number of nitrogens with one attached hydrogen (secondary N) is 1. The monoisotopic (exact) mass is 414 g/mol. The standard InChI is InChI=1S/C20H20F2N6O2/c1-11-17-18-25-16(3-5-28(18)26-11)27-10-13(22)8-15(27)14-7-12(21)9-24-20(14)30-6-2-4-23-19(17)29/h3,5,7,9,13,15H,2,4,6,8,10H2,1H3,(H,23,29)/t13-,15+/m0/s1. The summed E-state index contributed by atoms with van der Waals surface area (Å²) in [4.78, 5) is 23.2. The molecular weight excluding hydrogens is 394 g/mol. The first-order chi connectivity index (χ1) is 14.5. The molecule has 3 aromatic heterocycles. The van der Waals surface area contributed by atoms with E-state index in [1.54, 1.807) is 24.1 Å². The summed E-state index contributed by atoms with van der Waals surface area (Å²) in [6.45, 7) is 2.51. The number of alkyl halides is 1. The van der Waals surface area contributed by atoms with E-state index in [4.69, 9.17) is 4.74 Å². The van der Waals surface area contributed by atoms with Crippen LogP contribution >= 0.6 is 0 Å². The molecule has 0 spiro atoms. The zero-order valence-electron chi connectivity index (χ0n) is 16.3. The van der Waals surface area contributed by atoms with Gasteiger partial charge >= 0.3 is 0 Å². The topological polar surface area (TPSA) is 84.7 Å². The van der Waals surface area contributed by atoms with Crippen molar-refractivity contribution in [3.05, 3.63) is 47.2 Å². The van der Waals surface area contributed by atoms with E-state index in [0.717, 1.165) is 6.20 Å². The third kappa shape index (κ3) is 3.12. The number of carbonyl (C=O) groups excluding carboxylic acids is 1. The molecule has 0 saturated carbocycles. The summed E-state index contributed by atoms with van der Waals surface area (Å²) >= 11 is 0. The first-order valence-corrected chi connectivity index (χ1v) is 9.84. The molecule has 1 N–H and O–H groups in total. The van der Waals surface area contributed by atoms with E-state index in [9.17, 15) is 13.6 Å². The fourth-order valence-electron chi connectivity index (χ4n) is 4.12. The predicted octanol–water partition coefficient (Wildman–Crippen LogP) is 2.37. The normalized spacial score (nSPS) is 21.7. The maximum absolute atomic E-state index is 14.5. The molecule has 3 aromatic rings. The van der Waals surface area contributed by atoms with Crippen LogP contribution in [0.25, 0.3) is 5.65 Å². The Bertz CT molecular complexity index is 1130. The average Bonchev–Trinajstić information content (AvgIpc) is 3.26. The first kappa shape index (κ1) is 18.7. The number of rotatable bonds is 0. The number of fused-ring (bicyclic) bond motifs is 5. The quantitative estimate of drug-likeness (QED) is 0.608. The molecule has 156 valence electrons. The molecule has 10 heteroatoms. The maximum Gasteiger partial charge on any atom is 0.257 e. The van der Waals surface area contributed by atoms with Gasteiger partial charge < -0.3 is 15.0 Å². The van der Waals surface area contributed by atoms with Crippen LogP contribution in [-0.4, -0.2) is 51.4 Å². The van der Waals surface area contributed by atoms with Crippen LogP contribution in [0.2, 0.25) is 0 Å². The highest BCUT2D eigenvalue weighted by molar-refractivity contribution is 6.01. The molecule has 5 heterocycles. The summed E-state index contributed by atoms with van der Waals surface area (Å²) in [5, 5.41) is 7.21. The van der Waals surface area contributed by atoms with E-state index in [1.807, 2.05) is 0 Å². The number of nitrogens with zero attached hydrogens (tertiary/aromatic N) is 5. The Labute approximate surface area is 170 Å². The Kier molecular flexibility index (Phi) is 4.48. The third-order valence-electron chi connectivity index (χ3n) is 5.47. The fourth-order valence-corrected chi connectivity index (χ4v) is 4.12. The van der Waals surface area contributed by atoms with Crippen LogP contribution in [0.1, 0.15) is 40.5 Å². The molecule has 2 atom stereocenters. The lowest BCUT2D eigenvalue weighted by Gasteiger charge is -2.27. The van der Waals surface area contributed by atoms with Gasteiger partial charge in [-0.1, -0.05) is 0 Å². The summed E-state index contributed by atoms with van der Waals surface area (Å²) in [6.07, 6.45) is 2.36. The van der Waals surface area contributed by atoms with Crippen molar-refractivity contribution < 1.29 is 18.3 Å². The molecule has 0 unspecified atom stereocenters. The number of ether oxygens (including phenoxy) is 1. The number of hydrogen-bond donors (Lipinski definition) is 1. The van der Waals surface area contributed by atoms with Crippen molar-refractivity contribution in [1.82, 2.24) is 24.9 Å². The summed E-state index contributed by atoms with van der Waals surface area (Å²) in [7, 11) is 0. The van der Waals surface area contributed by atoms with E-state index in [2.05, 4.69) is 20.4 Å². The lowest BCUT2D eigenvalue weighted by molar-refractivity contribution is 0.0952. The molecule has 0 radical (unpaired) electrons. The number of aromatic nitrogens is 4. The molecule has 30 heavy (non-hydrogen) atoms. The summed E-state index contributed by atoms with van der Waals surface area (Å²) in [5.41, 5.74) is 1.83. The third-order valence-corrected chi connectivity index (χ3v) is 5.47. The van der Waals surface area contributed by atoms with Gasteiger partial charge in [-0.15, -0.1) is 0 Å². The minimum Gasteiger partial charge on any atom is -0.477 e. The summed E-state index contributed by atoms with van der Waals surface area (Å²) < 4.78 is 35.8. The van der Waals surface area contributed by atoms with Crippen LogP contribution in [0.4, 0.5) is 14.6 Å². The van der Waals surface area contributed by atoms with Crippen molar-refractivity contribution in [3.8, 4) is 5.88 Å². The van der Waals surface area contributed by atoms with Crippen LogP contribution < -0.4 is 15.0 Å². The van der Waals surface area contributed by atoms with Crippen LogP contribution in [-0.2, 0) is 0 Å². The molecule has 0 aromatic carbocycles. The summed E-state index contributed by atoms with van der Waals surface area (Å²) in [6, 6.07) is 2.57. The van der Waals surface area contributed by atoms with E-state index in [0.29, 0.717) is 41.3 Å². The van der Waals surface area contributed by atoms with Gasteiger partial charge in [0.1, 0.15) is 23.4 Å². The van der Waals surface area contributed by atoms with Crippen LogP contribution in [0, 0.1) is 12.7 Å². The molecule has 5 rings (SSSR count). The Morgan fingerprint density at radius 2 is 2.23 bits per heavy atom. The highest BCUT2D eigenvalue weighted by atomic mass is 19.1. The van der Waals surface area contributed by atoms with Gasteiger partial charge in [0.25, 0.3) is 5.91 Å². The largest absolute Gasteiger partial charge is 0.477 e. The van der Waals surface area contributed by atoms with Crippen LogP contribution in [0.15, 0.2) is 24.5 Å². The predicted molar refractivity (Wildman–Crippen MR) is 104 cm³/mol. The second-order valence-corrected chi connectivity index (χ2v) is 7.52. The Morgan fingerprint density at radius 1 is 1.37 bits per heavy atom. The number of aryl methyl sites for hydroxylation is 1. The minimum atomic E-state index is -1.12. The van der Waals surface area contributed by atoms with Crippen molar-refractivity contribution >= 4 is 17.4 Å². The molecular formula is C20H20F2N6O2. The summed E-state index contributed by atoms with van der Waals surface area (Å²) in [5.74, 6) is -0.0315. The molecule has 0 aliphatic carbocycles. The Hall–Kier alpha value is -3.30. The molecule has 2 bridgehead atoms. The molecule has 2 aliphatic heterocycles. The molecule has 1 amide bonds. The molecule has 1 saturated heterocycles. The van der Waals surface area contributed by atoms with Crippen molar-refractivity contribution in [1.29, 1.82) is 0 Å². The number of hydrogen-bond acceptors (Lipinski definition) is 6. The lowest BCUT2D eigenvalue weighted by atomic mass is 10.1. The van der Waals surface area contributed by atoms with E-state index < -0.39 is 18.0 Å².